The van der Waals surface area contributed by atoms with Crippen LogP contribution >= 0.6 is 0 Å². The summed E-state index contributed by atoms with van der Waals surface area (Å²) in [5.74, 6) is 0.429. The smallest absolute Gasteiger partial charge is 0.293 e. The van der Waals surface area contributed by atoms with Gasteiger partial charge in [0.25, 0.3) is 5.56 Å². The van der Waals surface area contributed by atoms with Crippen LogP contribution in [0.3, 0.4) is 0 Å². The van der Waals surface area contributed by atoms with E-state index in [0.717, 1.165) is 0 Å². The summed E-state index contributed by atoms with van der Waals surface area (Å²) < 4.78 is 6.85. The molecular weight excluding hydrogens is 166 g/mol. The second kappa shape index (κ2) is 4.12. The van der Waals surface area contributed by atoms with E-state index >= 15 is 0 Å². The Morgan fingerprint density at radius 1 is 1.54 bits per heavy atom. The topological polar surface area (TPSA) is 31.2 Å². The average Bonchev–Trinajstić information content (AvgIpc) is 2.08. The molecule has 3 heteroatoms. The summed E-state index contributed by atoms with van der Waals surface area (Å²) in [5, 5.41) is 0. The molecule has 0 saturated heterocycles. The lowest BCUT2D eigenvalue weighted by Gasteiger charge is -2.10. The fourth-order valence-electron chi connectivity index (χ4n) is 1.16. The zero-order chi connectivity index (χ0) is 9.84. The van der Waals surface area contributed by atoms with Crippen LogP contribution in [0.15, 0.2) is 23.1 Å². The average molecular weight is 181 g/mol. The van der Waals surface area contributed by atoms with E-state index in [1.807, 2.05) is 26.8 Å². The molecule has 1 rings (SSSR count). The van der Waals surface area contributed by atoms with E-state index in [9.17, 15) is 4.79 Å². The highest BCUT2D eigenvalue weighted by atomic mass is 16.5. The zero-order valence-electron chi connectivity index (χ0n) is 8.28. The molecule has 0 fully saturated rings. The number of pyridine rings is 1. The Kier molecular flexibility index (Phi) is 3.12. The number of hydrogen-bond acceptors (Lipinski definition) is 2. The summed E-state index contributed by atoms with van der Waals surface area (Å²) in [6.07, 6.45) is 1.77. The molecule has 0 atom stereocenters. The molecule has 0 aromatic carbocycles. The second-order valence-corrected chi connectivity index (χ2v) is 3.11. The van der Waals surface area contributed by atoms with Gasteiger partial charge in [0, 0.05) is 12.2 Å². The molecule has 0 spiro atoms. The van der Waals surface area contributed by atoms with Gasteiger partial charge >= 0.3 is 0 Å². The maximum atomic E-state index is 11.6. The van der Waals surface area contributed by atoms with Gasteiger partial charge in [-0.05, 0) is 32.9 Å². The third kappa shape index (κ3) is 2.11. The van der Waals surface area contributed by atoms with Crippen LogP contribution < -0.4 is 10.3 Å². The number of rotatable bonds is 3. The number of nitrogens with zero attached hydrogens (tertiary/aromatic N) is 1. The quantitative estimate of drug-likeness (QED) is 0.712. The molecule has 0 N–H and O–H groups in total. The van der Waals surface area contributed by atoms with Gasteiger partial charge in [0.15, 0.2) is 5.75 Å². The molecular formula is C10H15NO2. The Balaban J connectivity index is 3.11. The molecule has 72 valence electrons. The van der Waals surface area contributed by atoms with Crippen molar-refractivity contribution in [2.24, 2.45) is 0 Å². The van der Waals surface area contributed by atoms with Crippen LogP contribution in [-0.2, 0) is 0 Å². The predicted molar refractivity (Wildman–Crippen MR) is 52.3 cm³/mol. The van der Waals surface area contributed by atoms with Gasteiger partial charge in [-0.25, -0.2) is 0 Å². The number of aromatic nitrogens is 1. The minimum atomic E-state index is -0.0562. The number of hydrogen-bond donors (Lipinski definition) is 0. The molecule has 1 aromatic rings. The second-order valence-electron chi connectivity index (χ2n) is 3.11. The maximum absolute atomic E-state index is 11.6. The fraction of sp³-hybridized carbons (Fsp3) is 0.500. The van der Waals surface area contributed by atoms with Crippen molar-refractivity contribution in [3.05, 3.63) is 28.7 Å². The van der Waals surface area contributed by atoms with E-state index in [0.29, 0.717) is 12.4 Å². The van der Waals surface area contributed by atoms with Crippen molar-refractivity contribution in [3.8, 4) is 5.75 Å². The van der Waals surface area contributed by atoms with Crippen LogP contribution in [0.2, 0.25) is 0 Å². The molecule has 13 heavy (non-hydrogen) atoms. The minimum Gasteiger partial charge on any atom is -0.488 e. The van der Waals surface area contributed by atoms with Crippen molar-refractivity contribution < 1.29 is 4.74 Å². The van der Waals surface area contributed by atoms with Crippen molar-refractivity contribution in [3.63, 3.8) is 0 Å². The Hall–Kier alpha value is -1.25. The standard InChI is InChI=1S/C10H15NO2/c1-4-13-9-6-5-7-11(8(2)3)10(9)12/h5-8H,4H2,1-3H3. The van der Waals surface area contributed by atoms with E-state index in [-0.39, 0.29) is 11.6 Å². The summed E-state index contributed by atoms with van der Waals surface area (Å²) >= 11 is 0. The first-order chi connectivity index (χ1) is 6.16. The summed E-state index contributed by atoms with van der Waals surface area (Å²) in [6.45, 7) is 6.33. The molecule has 0 saturated carbocycles. The monoisotopic (exact) mass is 181 g/mol. The molecule has 0 bridgehead atoms. The molecule has 1 heterocycles. The van der Waals surface area contributed by atoms with Gasteiger partial charge in [-0.3, -0.25) is 4.79 Å². The molecule has 0 amide bonds. The summed E-state index contributed by atoms with van der Waals surface area (Å²) in [7, 11) is 0. The lowest BCUT2D eigenvalue weighted by Crippen LogP contribution is -2.22. The van der Waals surface area contributed by atoms with Crippen LogP contribution in [-0.4, -0.2) is 11.2 Å². The van der Waals surface area contributed by atoms with Gasteiger partial charge in [-0.2, -0.15) is 0 Å². The SMILES string of the molecule is CCOc1cccn(C(C)C)c1=O. The normalized spacial score (nSPS) is 10.5. The molecule has 0 aliphatic rings. The Labute approximate surface area is 78.0 Å². The van der Waals surface area contributed by atoms with Gasteiger partial charge in [-0.15, -0.1) is 0 Å². The lowest BCUT2D eigenvalue weighted by molar-refractivity contribution is 0.330. The van der Waals surface area contributed by atoms with E-state index in [2.05, 4.69) is 0 Å². The summed E-state index contributed by atoms with van der Waals surface area (Å²) in [4.78, 5) is 11.6. The molecule has 0 aliphatic carbocycles. The molecule has 0 unspecified atom stereocenters. The molecule has 0 aliphatic heterocycles. The Bertz CT molecular complexity index is 328. The highest BCUT2D eigenvalue weighted by Gasteiger charge is 2.04. The van der Waals surface area contributed by atoms with E-state index in [1.165, 1.54) is 0 Å². The first-order valence-electron chi connectivity index (χ1n) is 4.50. The van der Waals surface area contributed by atoms with E-state index in [1.54, 1.807) is 16.8 Å². The van der Waals surface area contributed by atoms with Gasteiger partial charge < -0.3 is 9.30 Å². The fourth-order valence-corrected chi connectivity index (χ4v) is 1.16. The van der Waals surface area contributed by atoms with E-state index < -0.39 is 0 Å². The number of ether oxygens (including phenoxy) is 1. The lowest BCUT2D eigenvalue weighted by atomic mass is 10.3. The van der Waals surface area contributed by atoms with Crippen molar-refractivity contribution in [1.82, 2.24) is 4.57 Å². The Morgan fingerprint density at radius 2 is 2.23 bits per heavy atom. The third-order valence-corrected chi connectivity index (χ3v) is 1.80. The Morgan fingerprint density at radius 3 is 2.77 bits per heavy atom. The first-order valence-corrected chi connectivity index (χ1v) is 4.50. The zero-order valence-corrected chi connectivity index (χ0v) is 8.28. The molecule has 3 nitrogen and oxygen atoms in total. The first kappa shape index (κ1) is 9.84. The highest BCUT2D eigenvalue weighted by molar-refractivity contribution is 5.17. The maximum Gasteiger partial charge on any atom is 0.293 e. The largest absolute Gasteiger partial charge is 0.488 e. The van der Waals surface area contributed by atoms with Gasteiger partial charge in [0.1, 0.15) is 0 Å². The minimum absolute atomic E-state index is 0.0562. The third-order valence-electron chi connectivity index (χ3n) is 1.80. The van der Waals surface area contributed by atoms with Crippen LogP contribution in [0, 0.1) is 0 Å². The van der Waals surface area contributed by atoms with Crippen LogP contribution in [0.1, 0.15) is 26.8 Å². The van der Waals surface area contributed by atoms with Crippen molar-refractivity contribution >= 4 is 0 Å². The van der Waals surface area contributed by atoms with Crippen molar-refractivity contribution in [1.29, 1.82) is 0 Å². The van der Waals surface area contributed by atoms with Gasteiger partial charge in [0.2, 0.25) is 0 Å². The van der Waals surface area contributed by atoms with Crippen LogP contribution in [0.5, 0.6) is 5.75 Å². The van der Waals surface area contributed by atoms with Gasteiger partial charge in [0.05, 0.1) is 6.61 Å². The van der Waals surface area contributed by atoms with Crippen LogP contribution in [0.4, 0.5) is 0 Å². The van der Waals surface area contributed by atoms with Gasteiger partial charge in [-0.1, -0.05) is 0 Å². The highest BCUT2D eigenvalue weighted by Crippen LogP contribution is 2.05. The predicted octanol–water partition coefficient (Wildman–Crippen LogP) is 1.83. The molecule has 1 aromatic heterocycles. The van der Waals surface area contributed by atoms with Crippen molar-refractivity contribution in [2.45, 2.75) is 26.8 Å². The van der Waals surface area contributed by atoms with E-state index in [4.69, 9.17) is 4.74 Å². The summed E-state index contributed by atoms with van der Waals surface area (Å²) in [6, 6.07) is 3.70. The van der Waals surface area contributed by atoms with Crippen LogP contribution in [0.25, 0.3) is 0 Å². The molecule has 0 radical (unpaired) electrons. The van der Waals surface area contributed by atoms with Crippen molar-refractivity contribution in [2.75, 3.05) is 6.61 Å². The summed E-state index contributed by atoms with van der Waals surface area (Å²) in [5.41, 5.74) is -0.0562.